The van der Waals surface area contributed by atoms with Gasteiger partial charge in [-0.15, -0.1) is 0 Å². The van der Waals surface area contributed by atoms with Crippen LogP contribution in [0.15, 0.2) is 0 Å². The second-order valence-corrected chi connectivity index (χ2v) is 10.0. The average molecular weight is 314 g/mol. The summed E-state index contributed by atoms with van der Waals surface area (Å²) in [7, 11) is -2.74. The van der Waals surface area contributed by atoms with Crippen LogP contribution >= 0.6 is 0 Å². The Balaban J connectivity index is 1.59. The fourth-order valence-electron chi connectivity index (χ4n) is 5.16. The van der Waals surface area contributed by atoms with E-state index in [4.69, 9.17) is 0 Å². The Kier molecular flexibility index (Phi) is 4.94. The van der Waals surface area contributed by atoms with Gasteiger partial charge in [0.2, 0.25) is 0 Å². The molecule has 3 rings (SSSR count). The minimum atomic E-state index is -2.74. The van der Waals surface area contributed by atoms with Crippen LogP contribution in [0.2, 0.25) is 0 Å². The van der Waals surface area contributed by atoms with E-state index in [1.807, 2.05) is 0 Å². The zero-order valence-corrected chi connectivity index (χ0v) is 14.2. The molecule has 0 aromatic carbocycles. The van der Waals surface area contributed by atoms with E-state index >= 15 is 0 Å². The van der Waals surface area contributed by atoms with E-state index in [-0.39, 0.29) is 0 Å². The highest BCUT2D eigenvalue weighted by Crippen LogP contribution is 2.51. The van der Waals surface area contributed by atoms with Crippen molar-refractivity contribution in [1.29, 1.82) is 0 Å². The standard InChI is InChI=1S/C17H31NO2S/c1-2-6-18-11-17(15-5-7-21(19,20)12-15)10-16-9-13-3-4-14(16)8-13/h13-18H,2-12H2,1H3. The molecule has 0 aromatic heterocycles. The first-order valence-corrected chi connectivity index (χ1v) is 10.8. The molecule has 5 atom stereocenters. The third kappa shape index (κ3) is 3.82. The molecule has 0 spiro atoms. The fraction of sp³-hybridized carbons (Fsp3) is 1.00. The van der Waals surface area contributed by atoms with E-state index in [1.165, 1.54) is 32.1 Å². The number of rotatable bonds is 7. The molecule has 1 N–H and O–H groups in total. The molecule has 1 aliphatic heterocycles. The van der Waals surface area contributed by atoms with E-state index in [0.717, 1.165) is 43.7 Å². The van der Waals surface area contributed by atoms with Crippen LogP contribution in [0.3, 0.4) is 0 Å². The highest BCUT2D eigenvalue weighted by atomic mass is 32.2. The van der Waals surface area contributed by atoms with Crippen molar-refractivity contribution in [3.8, 4) is 0 Å². The first-order chi connectivity index (χ1) is 10.1. The van der Waals surface area contributed by atoms with Gasteiger partial charge in [-0.3, -0.25) is 0 Å². The number of hydrogen-bond donors (Lipinski definition) is 1. The molecule has 0 radical (unpaired) electrons. The third-order valence-electron chi connectivity index (χ3n) is 6.26. The molecule has 5 unspecified atom stereocenters. The fourth-order valence-corrected chi connectivity index (χ4v) is 7.08. The third-order valence-corrected chi connectivity index (χ3v) is 8.05. The quantitative estimate of drug-likeness (QED) is 0.735. The molecule has 2 saturated carbocycles. The lowest BCUT2D eigenvalue weighted by atomic mass is 9.77. The van der Waals surface area contributed by atoms with Crippen molar-refractivity contribution in [3.63, 3.8) is 0 Å². The summed E-state index contributed by atoms with van der Waals surface area (Å²) in [5.41, 5.74) is 0. The van der Waals surface area contributed by atoms with Gasteiger partial charge in [0, 0.05) is 0 Å². The zero-order valence-electron chi connectivity index (χ0n) is 13.4. The molecule has 1 saturated heterocycles. The van der Waals surface area contributed by atoms with E-state index in [0.29, 0.717) is 23.3 Å². The predicted molar refractivity (Wildman–Crippen MR) is 87.0 cm³/mol. The largest absolute Gasteiger partial charge is 0.316 e. The second-order valence-electron chi connectivity index (χ2n) is 7.80. The summed E-state index contributed by atoms with van der Waals surface area (Å²) in [4.78, 5) is 0. The Labute approximate surface area is 130 Å². The van der Waals surface area contributed by atoms with Crippen LogP contribution < -0.4 is 5.32 Å². The first kappa shape index (κ1) is 15.8. The number of sulfone groups is 1. The van der Waals surface area contributed by atoms with E-state index < -0.39 is 9.84 Å². The molecular formula is C17H31NO2S. The molecule has 4 heteroatoms. The molecule has 122 valence electrons. The summed E-state index contributed by atoms with van der Waals surface area (Å²) in [5.74, 6) is 4.72. The molecule has 0 amide bonds. The monoisotopic (exact) mass is 313 g/mol. The van der Waals surface area contributed by atoms with E-state index in [1.54, 1.807) is 0 Å². The van der Waals surface area contributed by atoms with Gasteiger partial charge in [0.25, 0.3) is 0 Å². The van der Waals surface area contributed by atoms with Crippen LogP contribution in [-0.4, -0.2) is 33.0 Å². The van der Waals surface area contributed by atoms with Crippen LogP contribution in [0.4, 0.5) is 0 Å². The van der Waals surface area contributed by atoms with Crippen molar-refractivity contribution in [2.24, 2.45) is 29.6 Å². The lowest BCUT2D eigenvalue weighted by Crippen LogP contribution is -2.32. The first-order valence-electron chi connectivity index (χ1n) is 8.98. The van der Waals surface area contributed by atoms with Crippen molar-refractivity contribution in [2.45, 2.75) is 51.9 Å². The Bertz CT molecular complexity index is 448. The SMILES string of the molecule is CCCNCC(CC1CC2CCC1C2)C1CCS(=O)(=O)C1. The summed E-state index contributed by atoms with van der Waals surface area (Å²) in [5, 5.41) is 3.56. The molecular weight excluding hydrogens is 282 g/mol. The van der Waals surface area contributed by atoms with Gasteiger partial charge in [0.1, 0.15) is 0 Å². The van der Waals surface area contributed by atoms with E-state index in [2.05, 4.69) is 12.2 Å². The van der Waals surface area contributed by atoms with Crippen LogP contribution in [-0.2, 0) is 9.84 Å². The van der Waals surface area contributed by atoms with Gasteiger partial charge in [0.05, 0.1) is 11.5 Å². The zero-order chi connectivity index (χ0) is 14.9. The van der Waals surface area contributed by atoms with Crippen molar-refractivity contribution in [3.05, 3.63) is 0 Å². The molecule has 3 nitrogen and oxygen atoms in total. The van der Waals surface area contributed by atoms with Crippen LogP contribution in [0.1, 0.15) is 51.9 Å². The van der Waals surface area contributed by atoms with Gasteiger partial charge < -0.3 is 5.32 Å². The Morgan fingerprint density at radius 1 is 1.19 bits per heavy atom. The van der Waals surface area contributed by atoms with Gasteiger partial charge in [-0.1, -0.05) is 13.3 Å². The molecule has 21 heavy (non-hydrogen) atoms. The Morgan fingerprint density at radius 2 is 2.05 bits per heavy atom. The van der Waals surface area contributed by atoms with Crippen molar-refractivity contribution < 1.29 is 8.42 Å². The topological polar surface area (TPSA) is 46.2 Å². The molecule has 1 heterocycles. The summed E-state index contributed by atoms with van der Waals surface area (Å²) >= 11 is 0. The average Bonchev–Trinajstić information content (AvgIpc) is 3.13. The highest BCUT2D eigenvalue weighted by Gasteiger charge is 2.42. The summed E-state index contributed by atoms with van der Waals surface area (Å²) in [6, 6.07) is 0. The predicted octanol–water partition coefficient (Wildman–Crippen LogP) is 2.86. The Hall–Kier alpha value is -0.0900. The molecule has 3 fully saturated rings. The minimum Gasteiger partial charge on any atom is -0.316 e. The van der Waals surface area contributed by atoms with Gasteiger partial charge in [-0.25, -0.2) is 8.42 Å². The normalized spacial score (nSPS) is 38.9. The number of nitrogens with one attached hydrogen (secondary N) is 1. The highest BCUT2D eigenvalue weighted by molar-refractivity contribution is 7.91. The summed E-state index contributed by atoms with van der Waals surface area (Å²) in [6.45, 7) is 4.28. The lowest BCUT2D eigenvalue weighted by molar-refractivity contribution is 0.222. The van der Waals surface area contributed by atoms with Crippen molar-refractivity contribution in [1.82, 2.24) is 5.32 Å². The molecule has 2 bridgehead atoms. The lowest BCUT2D eigenvalue weighted by Gasteiger charge is -2.30. The van der Waals surface area contributed by atoms with Gasteiger partial charge in [0.15, 0.2) is 9.84 Å². The van der Waals surface area contributed by atoms with Crippen LogP contribution in [0.25, 0.3) is 0 Å². The molecule has 2 aliphatic carbocycles. The van der Waals surface area contributed by atoms with Gasteiger partial charge in [-0.05, 0) is 81.2 Å². The minimum absolute atomic E-state index is 0.415. The maximum absolute atomic E-state index is 11.8. The van der Waals surface area contributed by atoms with E-state index in [9.17, 15) is 8.42 Å². The maximum atomic E-state index is 11.8. The van der Waals surface area contributed by atoms with Gasteiger partial charge in [-0.2, -0.15) is 0 Å². The summed E-state index contributed by atoms with van der Waals surface area (Å²) in [6.07, 6.45) is 9.12. The number of fused-ring (bicyclic) bond motifs is 2. The molecule has 0 aromatic rings. The molecule has 3 aliphatic rings. The Morgan fingerprint density at radius 3 is 2.62 bits per heavy atom. The van der Waals surface area contributed by atoms with Crippen molar-refractivity contribution in [2.75, 3.05) is 24.6 Å². The number of hydrogen-bond acceptors (Lipinski definition) is 3. The van der Waals surface area contributed by atoms with Crippen LogP contribution in [0, 0.1) is 29.6 Å². The maximum Gasteiger partial charge on any atom is 0.150 e. The smallest absolute Gasteiger partial charge is 0.150 e. The van der Waals surface area contributed by atoms with Gasteiger partial charge >= 0.3 is 0 Å². The second kappa shape index (κ2) is 6.57. The summed E-state index contributed by atoms with van der Waals surface area (Å²) < 4.78 is 23.6. The van der Waals surface area contributed by atoms with Crippen molar-refractivity contribution >= 4 is 9.84 Å². The van der Waals surface area contributed by atoms with Crippen LogP contribution in [0.5, 0.6) is 0 Å².